The van der Waals surface area contributed by atoms with Crippen LogP contribution in [0, 0.1) is 6.92 Å². The zero-order valence-corrected chi connectivity index (χ0v) is 13.0. The molecule has 2 aromatic carbocycles. The second-order valence-electron chi connectivity index (χ2n) is 5.55. The zero-order chi connectivity index (χ0) is 15.8. The number of aliphatic hydroxyl groups is 1. The van der Waals surface area contributed by atoms with Crippen molar-refractivity contribution in [2.24, 2.45) is 0 Å². The molecule has 2 aromatic rings. The fraction of sp³-hybridized carbons (Fsp3) is 0.316. The normalized spacial score (nSPS) is 11.9. The van der Waals surface area contributed by atoms with E-state index in [1.807, 2.05) is 42.5 Å². The number of aryl methyl sites for hydroxylation is 2. The smallest absolute Gasteiger partial charge is 0.220 e. The van der Waals surface area contributed by atoms with E-state index < -0.39 is 6.10 Å². The molecule has 1 amide bonds. The van der Waals surface area contributed by atoms with Crippen LogP contribution in [-0.4, -0.2) is 17.6 Å². The van der Waals surface area contributed by atoms with Crippen molar-refractivity contribution < 1.29 is 9.90 Å². The lowest BCUT2D eigenvalue weighted by Crippen LogP contribution is -2.25. The standard InChI is InChI=1S/C19H23NO2/c1-15-6-5-7-16(14-15)10-11-19(22)20-13-12-18(21)17-8-3-2-4-9-17/h2-9,14,18,21H,10-13H2,1H3,(H,20,22). The van der Waals surface area contributed by atoms with E-state index in [1.54, 1.807) is 0 Å². The third-order valence-electron chi connectivity index (χ3n) is 3.65. The van der Waals surface area contributed by atoms with Crippen LogP contribution in [0.5, 0.6) is 0 Å². The maximum Gasteiger partial charge on any atom is 0.220 e. The molecule has 0 fully saturated rings. The van der Waals surface area contributed by atoms with Crippen LogP contribution in [-0.2, 0) is 11.2 Å². The first-order valence-corrected chi connectivity index (χ1v) is 7.70. The summed E-state index contributed by atoms with van der Waals surface area (Å²) in [4.78, 5) is 11.8. The average molecular weight is 297 g/mol. The first kappa shape index (κ1) is 16.2. The maximum atomic E-state index is 11.8. The average Bonchev–Trinajstić information content (AvgIpc) is 2.54. The van der Waals surface area contributed by atoms with Crippen LogP contribution in [0.2, 0.25) is 0 Å². The summed E-state index contributed by atoms with van der Waals surface area (Å²) in [7, 11) is 0. The monoisotopic (exact) mass is 297 g/mol. The Labute approximate surface area is 132 Å². The summed E-state index contributed by atoms with van der Waals surface area (Å²) in [6.07, 6.45) is 1.22. The lowest BCUT2D eigenvalue weighted by atomic mass is 10.1. The van der Waals surface area contributed by atoms with Gasteiger partial charge in [0.2, 0.25) is 5.91 Å². The summed E-state index contributed by atoms with van der Waals surface area (Å²) in [5.41, 5.74) is 3.28. The third-order valence-corrected chi connectivity index (χ3v) is 3.65. The fourth-order valence-corrected chi connectivity index (χ4v) is 2.40. The van der Waals surface area contributed by atoms with E-state index >= 15 is 0 Å². The van der Waals surface area contributed by atoms with Gasteiger partial charge in [-0.3, -0.25) is 4.79 Å². The number of aliphatic hydroxyl groups excluding tert-OH is 1. The van der Waals surface area contributed by atoms with Crippen LogP contribution >= 0.6 is 0 Å². The lowest BCUT2D eigenvalue weighted by molar-refractivity contribution is -0.121. The molecule has 0 saturated carbocycles. The van der Waals surface area contributed by atoms with Gasteiger partial charge in [-0.1, -0.05) is 60.2 Å². The minimum absolute atomic E-state index is 0.0294. The highest BCUT2D eigenvalue weighted by molar-refractivity contribution is 5.76. The molecule has 0 aliphatic carbocycles. The van der Waals surface area contributed by atoms with Gasteiger partial charge >= 0.3 is 0 Å². The molecule has 0 bridgehead atoms. The molecule has 0 aliphatic rings. The lowest BCUT2D eigenvalue weighted by Gasteiger charge is -2.11. The van der Waals surface area contributed by atoms with Crippen molar-refractivity contribution in [3.63, 3.8) is 0 Å². The first-order chi connectivity index (χ1) is 10.6. The van der Waals surface area contributed by atoms with Crippen molar-refractivity contribution in [3.05, 3.63) is 71.3 Å². The molecular formula is C19H23NO2. The van der Waals surface area contributed by atoms with E-state index in [4.69, 9.17) is 0 Å². The predicted molar refractivity (Wildman–Crippen MR) is 88.5 cm³/mol. The molecule has 2 rings (SSSR count). The second-order valence-corrected chi connectivity index (χ2v) is 5.55. The number of hydrogen-bond donors (Lipinski definition) is 2. The van der Waals surface area contributed by atoms with E-state index in [2.05, 4.69) is 24.4 Å². The highest BCUT2D eigenvalue weighted by atomic mass is 16.3. The third kappa shape index (κ3) is 5.34. The van der Waals surface area contributed by atoms with Gasteiger partial charge in [-0.05, 0) is 30.9 Å². The highest BCUT2D eigenvalue weighted by Gasteiger charge is 2.08. The highest BCUT2D eigenvalue weighted by Crippen LogP contribution is 2.14. The van der Waals surface area contributed by atoms with E-state index in [0.717, 1.165) is 12.0 Å². The largest absolute Gasteiger partial charge is 0.388 e. The summed E-state index contributed by atoms with van der Waals surface area (Å²) in [5.74, 6) is 0.0294. The summed E-state index contributed by atoms with van der Waals surface area (Å²) >= 11 is 0. The molecule has 0 radical (unpaired) electrons. The number of rotatable bonds is 7. The quantitative estimate of drug-likeness (QED) is 0.824. The molecule has 0 aromatic heterocycles. The Kier molecular flexibility index (Phi) is 6.16. The fourth-order valence-electron chi connectivity index (χ4n) is 2.40. The number of nitrogens with one attached hydrogen (secondary N) is 1. The Morgan fingerprint density at radius 3 is 2.64 bits per heavy atom. The van der Waals surface area contributed by atoms with Crippen LogP contribution in [0.1, 0.15) is 35.6 Å². The molecular weight excluding hydrogens is 274 g/mol. The Morgan fingerprint density at radius 1 is 1.14 bits per heavy atom. The topological polar surface area (TPSA) is 49.3 Å². The summed E-state index contributed by atoms with van der Waals surface area (Å²) in [6.45, 7) is 2.54. The molecule has 3 heteroatoms. The van der Waals surface area contributed by atoms with E-state index in [-0.39, 0.29) is 5.91 Å². The minimum atomic E-state index is -0.529. The number of carbonyl (C=O) groups is 1. The van der Waals surface area contributed by atoms with Crippen LogP contribution in [0.25, 0.3) is 0 Å². The Morgan fingerprint density at radius 2 is 1.91 bits per heavy atom. The summed E-state index contributed by atoms with van der Waals surface area (Å²) in [6, 6.07) is 17.7. The Balaban J connectivity index is 1.68. The number of carbonyl (C=O) groups excluding carboxylic acids is 1. The van der Waals surface area contributed by atoms with Crippen molar-refractivity contribution in [1.29, 1.82) is 0 Å². The number of benzene rings is 2. The van der Waals surface area contributed by atoms with Gasteiger partial charge < -0.3 is 10.4 Å². The molecule has 1 unspecified atom stereocenters. The van der Waals surface area contributed by atoms with Gasteiger partial charge in [-0.2, -0.15) is 0 Å². The van der Waals surface area contributed by atoms with Gasteiger partial charge in [0.05, 0.1) is 6.10 Å². The minimum Gasteiger partial charge on any atom is -0.388 e. The van der Waals surface area contributed by atoms with Crippen LogP contribution in [0.3, 0.4) is 0 Å². The molecule has 22 heavy (non-hydrogen) atoms. The molecule has 0 spiro atoms. The van der Waals surface area contributed by atoms with Crippen molar-refractivity contribution in [1.82, 2.24) is 5.32 Å². The van der Waals surface area contributed by atoms with Gasteiger partial charge in [0.1, 0.15) is 0 Å². The van der Waals surface area contributed by atoms with Gasteiger partial charge in [0.25, 0.3) is 0 Å². The van der Waals surface area contributed by atoms with Crippen LogP contribution in [0.15, 0.2) is 54.6 Å². The maximum absolute atomic E-state index is 11.8. The van der Waals surface area contributed by atoms with Gasteiger partial charge in [-0.15, -0.1) is 0 Å². The van der Waals surface area contributed by atoms with Crippen molar-refractivity contribution in [2.45, 2.75) is 32.3 Å². The van der Waals surface area contributed by atoms with E-state index in [0.29, 0.717) is 19.4 Å². The number of hydrogen-bond acceptors (Lipinski definition) is 2. The van der Waals surface area contributed by atoms with Crippen LogP contribution < -0.4 is 5.32 Å². The first-order valence-electron chi connectivity index (χ1n) is 7.70. The summed E-state index contributed by atoms with van der Waals surface area (Å²) in [5, 5.41) is 12.9. The predicted octanol–water partition coefficient (Wildman–Crippen LogP) is 3.17. The SMILES string of the molecule is Cc1cccc(CCC(=O)NCCC(O)c2ccccc2)c1. The molecule has 0 aliphatic heterocycles. The van der Waals surface area contributed by atoms with Crippen LogP contribution in [0.4, 0.5) is 0 Å². The number of amides is 1. The molecule has 3 nitrogen and oxygen atoms in total. The van der Waals surface area contributed by atoms with Crippen molar-refractivity contribution in [3.8, 4) is 0 Å². The van der Waals surface area contributed by atoms with Gasteiger partial charge in [-0.25, -0.2) is 0 Å². The van der Waals surface area contributed by atoms with Gasteiger partial charge in [0, 0.05) is 13.0 Å². The van der Waals surface area contributed by atoms with E-state index in [9.17, 15) is 9.90 Å². The Bertz CT molecular complexity index is 595. The molecule has 1 atom stereocenters. The Hall–Kier alpha value is -2.13. The molecule has 0 heterocycles. The second kappa shape index (κ2) is 8.35. The van der Waals surface area contributed by atoms with E-state index in [1.165, 1.54) is 11.1 Å². The molecule has 116 valence electrons. The van der Waals surface area contributed by atoms with Crippen molar-refractivity contribution in [2.75, 3.05) is 6.54 Å². The molecule has 2 N–H and O–H groups in total. The molecule has 0 saturated heterocycles. The van der Waals surface area contributed by atoms with Crippen molar-refractivity contribution >= 4 is 5.91 Å². The van der Waals surface area contributed by atoms with Gasteiger partial charge in [0.15, 0.2) is 0 Å². The zero-order valence-electron chi connectivity index (χ0n) is 13.0. The summed E-state index contributed by atoms with van der Waals surface area (Å²) < 4.78 is 0.